The highest BCUT2D eigenvalue weighted by atomic mass is 16.5. The summed E-state index contributed by atoms with van der Waals surface area (Å²) in [6, 6.07) is 16.6. The second-order valence-electron chi connectivity index (χ2n) is 8.61. The van der Waals surface area contributed by atoms with Crippen LogP contribution in [0.1, 0.15) is 25.7 Å². The lowest BCUT2D eigenvalue weighted by atomic mass is 10.2. The van der Waals surface area contributed by atoms with Crippen molar-refractivity contribution in [1.29, 1.82) is 0 Å². The van der Waals surface area contributed by atoms with Crippen LogP contribution in [0.5, 0.6) is 5.75 Å². The number of hydrogen-bond donors (Lipinski definition) is 2. The van der Waals surface area contributed by atoms with Crippen molar-refractivity contribution in [3.8, 4) is 5.75 Å². The Bertz CT molecular complexity index is 822. The van der Waals surface area contributed by atoms with Crippen molar-refractivity contribution >= 4 is 23.0 Å². The summed E-state index contributed by atoms with van der Waals surface area (Å²) in [6.07, 6.45) is 5.21. The van der Waals surface area contributed by atoms with Crippen molar-refractivity contribution in [3.05, 3.63) is 48.5 Å². The van der Waals surface area contributed by atoms with Crippen LogP contribution in [0.25, 0.3) is 0 Å². The number of anilines is 3. The number of hydrogen-bond acceptors (Lipinski definition) is 4. The third-order valence-electron chi connectivity index (χ3n) is 6.44. The summed E-state index contributed by atoms with van der Waals surface area (Å²) in [5.41, 5.74) is 3.37. The van der Waals surface area contributed by atoms with Crippen molar-refractivity contribution in [1.82, 2.24) is 0 Å². The minimum absolute atomic E-state index is 0.0930. The predicted octanol–water partition coefficient (Wildman–Crippen LogP) is 2.42. The third kappa shape index (κ3) is 5.91. The molecule has 0 saturated carbocycles. The highest BCUT2D eigenvalue weighted by Crippen LogP contribution is 2.22. The maximum atomic E-state index is 12.6. The molecule has 2 fully saturated rings. The number of nitrogens with zero attached hydrogens (tertiary/aromatic N) is 2. The average Bonchev–Trinajstić information content (AvgIpc) is 3.10. The summed E-state index contributed by atoms with van der Waals surface area (Å²) < 4.78 is 5.24. The van der Waals surface area contributed by atoms with Gasteiger partial charge in [-0.25, -0.2) is 0 Å². The number of carbonyl (C=O) groups is 1. The molecule has 166 valence electrons. The van der Waals surface area contributed by atoms with Crippen LogP contribution in [0, 0.1) is 0 Å². The van der Waals surface area contributed by atoms with Crippen molar-refractivity contribution in [2.24, 2.45) is 0 Å². The molecule has 2 N–H and O–H groups in total. The Morgan fingerprint density at radius 1 is 0.839 bits per heavy atom. The van der Waals surface area contributed by atoms with Crippen LogP contribution in [-0.2, 0) is 4.79 Å². The third-order valence-corrected chi connectivity index (χ3v) is 6.44. The number of amides is 1. The van der Waals surface area contributed by atoms with Crippen LogP contribution in [-0.4, -0.2) is 58.8 Å². The Hall–Kier alpha value is -2.73. The fraction of sp³-hybridized carbons (Fsp3) is 0.480. The molecular weight excluding hydrogens is 388 g/mol. The van der Waals surface area contributed by atoms with Crippen LogP contribution >= 0.6 is 0 Å². The molecule has 2 saturated heterocycles. The highest BCUT2D eigenvalue weighted by Gasteiger charge is 2.22. The summed E-state index contributed by atoms with van der Waals surface area (Å²) in [6.45, 7) is 6.64. The van der Waals surface area contributed by atoms with Crippen LogP contribution in [0.2, 0.25) is 0 Å². The molecule has 0 spiro atoms. The Balaban J connectivity index is 1.23. The molecule has 6 heteroatoms. The molecule has 2 aromatic rings. The summed E-state index contributed by atoms with van der Waals surface area (Å²) in [4.78, 5) is 18.7. The quantitative estimate of drug-likeness (QED) is 0.749. The van der Waals surface area contributed by atoms with Crippen molar-refractivity contribution in [3.63, 3.8) is 0 Å². The van der Waals surface area contributed by atoms with Gasteiger partial charge in [0, 0.05) is 30.2 Å². The molecule has 31 heavy (non-hydrogen) atoms. The first-order valence-electron chi connectivity index (χ1n) is 11.6. The predicted molar refractivity (Wildman–Crippen MR) is 127 cm³/mol. The van der Waals surface area contributed by atoms with Crippen LogP contribution in [0.15, 0.2) is 48.5 Å². The molecule has 4 rings (SSSR count). The fourth-order valence-electron chi connectivity index (χ4n) is 4.57. The smallest absolute Gasteiger partial charge is 0.279 e. The second-order valence-corrected chi connectivity index (χ2v) is 8.61. The first-order chi connectivity index (χ1) is 15.2. The number of benzene rings is 2. The number of quaternary nitrogens is 1. The number of nitrogens with one attached hydrogen (secondary N) is 2. The molecule has 2 heterocycles. The van der Waals surface area contributed by atoms with Gasteiger partial charge >= 0.3 is 0 Å². The van der Waals surface area contributed by atoms with Gasteiger partial charge in [-0.1, -0.05) is 12.8 Å². The van der Waals surface area contributed by atoms with Crippen LogP contribution < -0.4 is 24.8 Å². The first-order valence-corrected chi connectivity index (χ1v) is 11.6. The molecule has 2 aliphatic rings. The molecule has 0 unspecified atom stereocenters. The first kappa shape index (κ1) is 21.5. The number of piperazine rings is 1. The Kier molecular flexibility index (Phi) is 7.30. The van der Waals surface area contributed by atoms with E-state index in [2.05, 4.69) is 39.4 Å². The zero-order valence-corrected chi connectivity index (χ0v) is 18.6. The van der Waals surface area contributed by atoms with Crippen LogP contribution in [0.4, 0.5) is 17.1 Å². The van der Waals surface area contributed by atoms with Gasteiger partial charge in [0.2, 0.25) is 0 Å². The molecule has 0 aliphatic carbocycles. The Morgan fingerprint density at radius 2 is 1.39 bits per heavy atom. The molecule has 0 radical (unpaired) electrons. The number of carbonyl (C=O) groups excluding carboxylic acids is 1. The summed E-state index contributed by atoms with van der Waals surface area (Å²) in [5, 5.41) is 3.08. The van der Waals surface area contributed by atoms with Crippen molar-refractivity contribution in [2.45, 2.75) is 25.7 Å². The number of methoxy groups -OCH3 is 1. The zero-order chi connectivity index (χ0) is 21.5. The average molecular weight is 424 g/mol. The van der Waals surface area contributed by atoms with Gasteiger partial charge in [-0.15, -0.1) is 0 Å². The van der Waals surface area contributed by atoms with Crippen molar-refractivity contribution < 1.29 is 14.4 Å². The number of ether oxygens (including phenoxy) is 1. The van der Waals surface area contributed by atoms with E-state index in [0.717, 1.165) is 50.7 Å². The minimum atomic E-state index is 0.0930. The zero-order valence-electron chi connectivity index (χ0n) is 18.6. The van der Waals surface area contributed by atoms with Gasteiger partial charge in [-0.3, -0.25) is 4.79 Å². The maximum Gasteiger partial charge on any atom is 0.279 e. The lowest BCUT2D eigenvalue weighted by Gasteiger charge is -2.33. The van der Waals surface area contributed by atoms with E-state index in [0.29, 0.717) is 6.54 Å². The normalized spacial score (nSPS) is 17.8. The standard InChI is InChI=1S/C25H34N4O2/c1-31-24-12-10-23(11-13-24)29-18-16-27(17-19-29)20-25(30)26-21-6-8-22(9-7-21)28-14-4-2-3-5-15-28/h6-13H,2-5,14-20H2,1H3,(H,26,30)/p+1. The van der Waals surface area contributed by atoms with E-state index >= 15 is 0 Å². The fourth-order valence-corrected chi connectivity index (χ4v) is 4.57. The van der Waals surface area contributed by atoms with E-state index in [1.807, 2.05) is 24.3 Å². The summed E-state index contributed by atoms with van der Waals surface area (Å²) in [7, 11) is 1.69. The van der Waals surface area contributed by atoms with E-state index in [9.17, 15) is 4.79 Å². The van der Waals surface area contributed by atoms with E-state index in [1.54, 1.807) is 7.11 Å². The van der Waals surface area contributed by atoms with Gasteiger partial charge in [0.25, 0.3) is 5.91 Å². The Labute approximate surface area is 185 Å². The molecule has 1 amide bonds. The lowest BCUT2D eigenvalue weighted by Crippen LogP contribution is -3.15. The highest BCUT2D eigenvalue weighted by molar-refractivity contribution is 5.91. The van der Waals surface area contributed by atoms with E-state index in [-0.39, 0.29) is 5.91 Å². The Morgan fingerprint density at radius 3 is 1.97 bits per heavy atom. The molecule has 0 bridgehead atoms. The topological polar surface area (TPSA) is 49.3 Å². The van der Waals surface area contributed by atoms with Crippen LogP contribution in [0.3, 0.4) is 0 Å². The van der Waals surface area contributed by atoms with Gasteiger partial charge in [-0.05, 0) is 61.4 Å². The van der Waals surface area contributed by atoms with E-state index in [4.69, 9.17) is 4.74 Å². The SMILES string of the molecule is COc1ccc(N2CC[NH+](CC(=O)Nc3ccc(N4CCCCCC4)cc3)CC2)cc1. The van der Waals surface area contributed by atoms with Gasteiger partial charge in [0.15, 0.2) is 6.54 Å². The van der Waals surface area contributed by atoms with Gasteiger partial charge < -0.3 is 24.8 Å². The summed E-state index contributed by atoms with van der Waals surface area (Å²) >= 11 is 0. The molecule has 2 aliphatic heterocycles. The van der Waals surface area contributed by atoms with E-state index in [1.165, 1.54) is 42.0 Å². The second kappa shape index (κ2) is 10.5. The maximum absolute atomic E-state index is 12.6. The molecule has 2 aromatic carbocycles. The minimum Gasteiger partial charge on any atom is -0.497 e. The van der Waals surface area contributed by atoms with Gasteiger partial charge in [-0.2, -0.15) is 0 Å². The van der Waals surface area contributed by atoms with Gasteiger partial charge in [0.1, 0.15) is 5.75 Å². The largest absolute Gasteiger partial charge is 0.497 e. The molecule has 6 nitrogen and oxygen atoms in total. The molecular formula is C25H35N4O2+. The van der Waals surface area contributed by atoms with Gasteiger partial charge in [0.05, 0.1) is 33.3 Å². The van der Waals surface area contributed by atoms with Crippen molar-refractivity contribution in [2.75, 3.05) is 68.0 Å². The molecule has 0 atom stereocenters. The number of rotatable bonds is 6. The monoisotopic (exact) mass is 423 g/mol. The molecule has 0 aromatic heterocycles. The summed E-state index contributed by atoms with van der Waals surface area (Å²) in [5.74, 6) is 0.972. The lowest BCUT2D eigenvalue weighted by molar-refractivity contribution is -0.892. The van der Waals surface area contributed by atoms with E-state index < -0.39 is 0 Å².